The maximum absolute atomic E-state index is 14.7. The van der Waals surface area contributed by atoms with Crippen LogP contribution in [-0.2, 0) is 20.6 Å². The molecule has 1 atom stereocenters. The molecular weight excluding hydrogens is 570 g/mol. The molecule has 0 bridgehead atoms. The van der Waals surface area contributed by atoms with Gasteiger partial charge in [-0.1, -0.05) is 103 Å². The van der Waals surface area contributed by atoms with Crippen LogP contribution in [0.4, 0.5) is 4.39 Å². The van der Waals surface area contributed by atoms with E-state index >= 15 is 0 Å². The van der Waals surface area contributed by atoms with E-state index in [0.717, 1.165) is 25.3 Å². The number of rotatable bonds is 21. The van der Waals surface area contributed by atoms with E-state index in [9.17, 15) is 17.0 Å². The Morgan fingerprint density at radius 2 is 1.31 bits per heavy atom. The Kier molecular flexibility index (Phi) is 14.9. The minimum absolute atomic E-state index is 0.0569. The molecule has 3 aromatic rings. The van der Waals surface area contributed by atoms with Gasteiger partial charge in [-0.3, -0.25) is 4.21 Å². The van der Waals surface area contributed by atoms with Crippen molar-refractivity contribution < 1.29 is 21.8 Å². The molecule has 0 N–H and O–H groups in total. The Bertz CT molecular complexity index is 1380. The lowest BCUT2D eigenvalue weighted by molar-refractivity contribution is 0.289. The van der Waals surface area contributed by atoms with Crippen LogP contribution in [0.3, 0.4) is 0 Å². The molecule has 0 aliphatic rings. The summed E-state index contributed by atoms with van der Waals surface area (Å²) in [5, 5.41) is 0.521. The summed E-state index contributed by atoms with van der Waals surface area (Å²) >= 11 is 0. The second-order valence-corrected chi connectivity index (χ2v) is 14.5. The van der Waals surface area contributed by atoms with Gasteiger partial charge in [-0.05, 0) is 55.0 Å². The first kappa shape index (κ1) is 34.2. The lowest BCUT2D eigenvalue weighted by Crippen LogP contribution is -2.06. The van der Waals surface area contributed by atoms with Gasteiger partial charge >= 0.3 is 0 Å². The molecule has 1 unspecified atom stereocenters. The van der Waals surface area contributed by atoms with E-state index in [-0.39, 0.29) is 15.7 Å². The molecule has 0 radical (unpaired) electrons. The van der Waals surface area contributed by atoms with Crippen molar-refractivity contribution >= 4 is 31.5 Å². The first-order valence-electron chi connectivity index (χ1n) is 15.7. The average molecular weight is 618 g/mol. The van der Waals surface area contributed by atoms with Crippen LogP contribution >= 0.6 is 0 Å². The molecule has 0 saturated carbocycles. The van der Waals surface area contributed by atoms with Crippen LogP contribution in [-0.4, -0.2) is 30.5 Å². The standard InChI is InChI=1S/C34H48FNO4S2/c1-3-4-5-6-7-8-9-10-11-12-13-14-15-16-17-18-25-40-33-23-21-30(27-31(33)35)42(38,39)34-24-19-28-26-29(41(2)37)20-22-32(28)36-34/h19-24,26-27H,3-18,25H2,1-2H3. The fourth-order valence-electron chi connectivity index (χ4n) is 5.13. The summed E-state index contributed by atoms with van der Waals surface area (Å²) in [5.74, 6) is -0.648. The first-order chi connectivity index (χ1) is 20.3. The van der Waals surface area contributed by atoms with Crippen LogP contribution in [0.15, 0.2) is 63.3 Å². The predicted octanol–water partition coefficient (Wildman–Crippen LogP) is 9.58. The molecule has 3 rings (SSSR count). The predicted molar refractivity (Wildman–Crippen MR) is 171 cm³/mol. The van der Waals surface area contributed by atoms with Crippen molar-refractivity contribution in [1.29, 1.82) is 0 Å². The lowest BCUT2D eigenvalue weighted by Gasteiger charge is -2.10. The lowest BCUT2D eigenvalue weighted by atomic mass is 10.0. The largest absolute Gasteiger partial charge is 0.491 e. The molecule has 0 amide bonds. The van der Waals surface area contributed by atoms with E-state index < -0.39 is 26.5 Å². The highest BCUT2D eigenvalue weighted by atomic mass is 32.2. The fraction of sp³-hybridized carbons (Fsp3) is 0.559. The number of unbranched alkanes of at least 4 members (excludes halogenated alkanes) is 15. The Balaban J connectivity index is 1.32. The van der Waals surface area contributed by atoms with Gasteiger partial charge in [0.15, 0.2) is 16.6 Å². The number of hydrogen-bond donors (Lipinski definition) is 0. The van der Waals surface area contributed by atoms with Crippen molar-refractivity contribution in [2.45, 2.75) is 124 Å². The van der Waals surface area contributed by atoms with Crippen LogP contribution in [0.2, 0.25) is 0 Å². The summed E-state index contributed by atoms with van der Waals surface area (Å²) in [6.07, 6.45) is 22.2. The molecule has 0 fully saturated rings. The number of benzene rings is 2. The highest BCUT2D eigenvalue weighted by Crippen LogP contribution is 2.27. The van der Waals surface area contributed by atoms with E-state index in [4.69, 9.17) is 4.74 Å². The van der Waals surface area contributed by atoms with Crippen molar-refractivity contribution in [2.75, 3.05) is 12.9 Å². The number of ether oxygens (including phenoxy) is 1. The van der Waals surface area contributed by atoms with E-state index in [2.05, 4.69) is 11.9 Å². The Morgan fingerprint density at radius 3 is 1.86 bits per heavy atom. The zero-order valence-corrected chi connectivity index (χ0v) is 27.0. The normalized spacial score (nSPS) is 12.5. The molecule has 0 aliphatic carbocycles. The molecule has 1 aromatic heterocycles. The van der Waals surface area contributed by atoms with Gasteiger partial charge in [0.1, 0.15) is 0 Å². The summed E-state index contributed by atoms with van der Waals surface area (Å²) in [4.78, 5) is 4.72. The molecule has 0 spiro atoms. The summed E-state index contributed by atoms with van der Waals surface area (Å²) in [7, 11) is -5.17. The first-order valence-corrected chi connectivity index (χ1v) is 18.8. The molecule has 0 aliphatic heterocycles. The summed E-state index contributed by atoms with van der Waals surface area (Å²) in [6.45, 7) is 2.66. The van der Waals surface area contributed by atoms with Crippen molar-refractivity contribution in [2.24, 2.45) is 0 Å². The zero-order valence-electron chi connectivity index (χ0n) is 25.4. The van der Waals surface area contributed by atoms with E-state index in [1.165, 1.54) is 102 Å². The van der Waals surface area contributed by atoms with Crippen LogP contribution in [0.25, 0.3) is 10.9 Å². The number of fused-ring (bicyclic) bond motifs is 1. The Labute approximate surface area is 255 Å². The molecule has 2 aromatic carbocycles. The van der Waals surface area contributed by atoms with Gasteiger partial charge in [0.25, 0.3) is 0 Å². The van der Waals surface area contributed by atoms with Gasteiger partial charge in [0.2, 0.25) is 9.84 Å². The Morgan fingerprint density at radius 1 is 0.738 bits per heavy atom. The highest BCUT2D eigenvalue weighted by molar-refractivity contribution is 7.91. The monoisotopic (exact) mass is 617 g/mol. The number of nitrogens with zero attached hydrogens (tertiary/aromatic N) is 1. The van der Waals surface area contributed by atoms with Crippen LogP contribution in [0, 0.1) is 5.82 Å². The molecule has 232 valence electrons. The van der Waals surface area contributed by atoms with Gasteiger partial charge < -0.3 is 4.74 Å². The van der Waals surface area contributed by atoms with E-state index in [1.54, 1.807) is 30.5 Å². The second-order valence-electron chi connectivity index (χ2n) is 11.2. The van der Waals surface area contributed by atoms with Crippen LogP contribution in [0.5, 0.6) is 5.75 Å². The van der Waals surface area contributed by atoms with Crippen molar-refractivity contribution in [3.63, 3.8) is 0 Å². The number of halogens is 1. The SMILES string of the molecule is CCCCCCCCCCCCCCCCCCOc1ccc(S(=O)(=O)c2ccc3cc(S(C)=O)ccc3n2)cc1F. The second kappa shape index (κ2) is 18.4. The van der Waals surface area contributed by atoms with Crippen molar-refractivity contribution in [1.82, 2.24) is 4.98 Å². The van der Waals surface area contributed by atoms with Gasteiger partial charge in [0.05, 0.1) is 17.0 Å². The molecule has 42 heavy (non-hydrogen) atoms. The van der Waals surface area contributed by atoms with Crippen LogP contribution in [0.1, 0.15) is 110 Å². The quantitative estimate of drug-likeness (QED) is 0.111. The minimum atomic E-state index is -4.02. The van der Waals surface area contributed by atoms with Gasteiger partial charge in [-0.2, -0.15) is 0 Å². The third-order valence-electron chi connectivity index (χ3n) is 7.71. The van der Waals surface area contributed by atoms with E-state index in [0.29, 0.717) is 22.4 Å². The maximum Gasteiger partial charge on any atom is 0.223 e. The highest BCUT2D eigenvalue weighted by Gasteiger charge is 2.22. The van der Waals surface area contributed by atoms with Crippen LogP contribution < -0.4 is 4.74 Å². The minimum Gasteiger partial charge on any atom is -0.491 e. The maximum atomic E-state index is 14.7. The van der Waals surface area contributed by atoms with E-state index in [1.807, 2.05) is 0 Å². The fourth-order valence-corrected chi connectivity index (χ4v) is 6.90. The smallest absolute Gasteiger partial charge is 0.223 e. The summed E-state index contributed by atoms with van der Waals surface area (Å²) in [5.41, 5.74) is 0.463. The molecule has 1 heterocycles. The third kappa shape index (κ3) is 11.1. The average Bonchev–Trinajstić information content (AvgIpc) is 2.98. The number of pyridine rings is 1. The zero-order chi connectivity index (χ0) is 30.2. The molecular formula is C34H48FNO4S2. The molecule has 5 nitrogen and oxygen atoms in total. The van der Waals surface area contributed by atoms with Crippen molar-refractivity contribution in [3.8, 4) is 5.75 Å². The third-order valence-corrected chi connectivity index (χ3v) is 10.3. The van der Waals surface area contributed by atoms with Gasteiger partial charge in [-0.15, -0.1) is 0 Å². The Hall–Kier alpha value is -2.32. The summed E-state index contributed by atoms with van der Waals surface area (Å²) in [6, 6.07) is 11.8. The van der Waals surface area contributed by atoms with Gasteiger partial charge in [0, 0.05) is 27.3 Å². The molecule has 8 heteroatoms. The number of hydrogen-bond acceptors (Lipinski definition) is 5. The number of aromatic nitrogens is 1. The summed E-state index contributed by atoms with van der Waals surface area (Å²) < 4.78 is 58.3. The molecule has 0 saturated heterocycles. The van der Waals surface area contributed by atoms with Gasteiger partial charge in [-0.25, -0.2) is 17.8 Å². The topological polar surface area (TPSA) is 73.3 Å². The van der Waals surface area contributed by atoms with Crippen molar-refractivity contribution in [3.05, 3.63) is 54.3 Å². The number of sulfone groups is 1.